The lowest BCUT2D eigenvalue weighted by Gasteiger charge is -2.15. The zero-order valence-electron chi connectivity index (χ0n) is 14.8. The van der Waals surface area contributed by atoms with Crippen LogP contribution in [0.1, 0.15) is 22.3 Å². The van der Waals surface area contributed by atoms with Crippen molar-refractivity contribution < 1.29 is 14.6 Å². The minimum atomic E-state index is -1.03. The van der Waals surface area contributed by atoms with Crippen molar-refractivity contribution in [3.05, 3.63) is 101 Å². The Morgan fingerprint density at radius 3 is 1.81 bits per heavy atom. The van der Waals surface area contributed by atoms with Crippen molar-refractivity contribution in [2.75, 3.05) is 0 Å². The number of carbonyl (C=O) groups is 1. The van der Waals surface area contributed by atoms with Crippen LogP contribution in [-0.4, -0.2) is 11.1 Å². The molecule has 0 fully saturated rings. The van der Waals surface area contributed by atoms with E-state index in [-0.39, 0.29) is 5.57 Å². The molecule has 0 aliphatic heterocycles. The maximum atomic E-state index is 12.1. The van der Waals surface area contributed by atoms with Gasteiger partial charge < -0.3 is 9.84 Å². The first-order valence-corrected chi connectivity index (χ1v) is 8.39. The molecule has 1 N–H and O–H groups in total. The second-order valence-corrected chi connectivity index (χ2v) is 6.16. The van der Waals surface area contributed by atoms with Crippen LogP contribution in [-0.2, 0) is 4.79 Å². The molecule has 0 saturated heterocycles. The molecule has 0 bridgehead atoms. The summed E-state index contributed by atoms with van der Waals surface area (Å²) in [5, 5.41) is 9.91. The van der Waals surface area contributed by atoms with Crippen LogP contribution in [0.5, 0.6) is 5.75 Å². The molecule has 0 aliphatic carbocycles. The third kappa shape index (κ3) is 4.01. The van der Waals surface area contributed by atoms with Crippen LogP contribution in [0.3, 0.4) is 0 Å². The van der Waals surface area contributed by atoms with Gasteiger partial charge in [0.05, 0.1) is 0 Å². The molecule has 3 rings (SSSR count). The number of carboxylic acid groups (broad SMARTS) is 1. The SMILES string of the molecule is Cc1ccc(O/C(=C(/C(=O)O)c2ccc(C)cc2)c2ccccc2)cc1. The Labute approximate surface area is 153 Å². The first kappa shape index (κ1) is 17.5. The predicted octanol–water partition coefficient (Wildman–Crippen LogP) is 5.34. The Morgan fingerprint density at radius 1 is 0.731 bits per heavy atom. The van der Waals surface area contributed by atoms with Crippen molar-refractivity contribution in [1.29, 1.82) is 0 Å². The van der Waals surface area contributed by atoms with Gasteiger partial charge in [0.1, 0.15) is 17.1 Å². The first-order chi connectivity index (χ1) is 12.5. The molecule has 0 atom stereocenters. The normalized spacial score (nSPS) is 11.6. The fourth-order valence-electron chi connectivity index (χ4n) is 2.64. The smallest absolute Gasteiger partial charge is 0.340 e. The van der Waals surface area contributed by atoms with Gasteiger partial charge in [0.2, 0.25) is 0 Å². The number of carboxylic acids is 1. The highest BCUT2D eigenvalue weighted by atomic mass is 16.5. The molecule has 0 aliphatic rings. The molecular weight excluding hydrogens is 324 g/mol. The summed E-state index contributed by atoms with van der Waals surface area (Å²) in [5.41, 5.74) is 3.63. The Morgan fingerprint density at radius 2 is 1.27 bits per heavy atom. The zero-order valence-corrected chi connectivity index (χ0v) is 14.8. The van der Waals surface area contributed by atoms with Gasteiger partial charge in [-0.25, -0.2) is 4.79 Å². The molecular formula is C23H20O3. The minimum Gasteiger partial charge on any atom is -0.478 e. The summed E-state index contributed by atoms with van der Waals surface area (Å²) in [5.74, 6) is -0.106. The van der Waals surface area contributed by atoms with Gasteiger partial charge in [-0.2, -0.15) is 0 Å². The lowest BCUT2D eigenvalue weighted by molar-refractivity contribution is -0.130. The molecule has 3 aromatic carbocycles. The van der Waals surface area contributed by atoms with E-state index in [1.807, 2.05) is 80.6 Å². The number of benzene rings is 3. The molecule has 3 aromatic rings. The fraction of sp³-hybridized carbons (Fsp3) is 0.0870. The van der Waals surface area contributed by atoms with Crippen molar-refractivity contribution in [3.63, 3.8) is 0 Å². The van der Waals surface area contributed by atoms with Crippen LogP contribution in [0.25, 0.3) is 11.3 Å². The van der Waals surface area contributed by atoms with Crippen LogP contribution in [0.15, 0.2) is 78.9 Å². The molecule has 3 nitrogen and oxygen atoms in total. The molecule has 0 heterocycles. The second kappa shape index (κ2) is 7.70. The van der Waals surface area contributed by atoms with Crippen molar-refractivity contribution in [3.8, 4) is 5.75 Å². The summed E-state index contributed by atoms with van der Waals surface area (Å²) in [7, 11) is 0. The Hall–Kier alpha value is -3.33. The number of hydrogen-bond donors (Lipinski definition) is 1. The minimum absolute atomic E-state index is 0.136. The number of hydrogen-bond acceptors (Lipinski definition) is 2. The fourth-order valence-corrected chi connectivity index (χ4v) is 2.64. The van der Waals surface area contributed by atoms with Crippen LogP contribution in [0, 0.1) is 13.8 Å². The quantitative estimate of drug-likeness (QED) is 0.386. The topological polar surface area (TPSA) is 46.5 Å². The largest absolute Gasteiger partial charge is 0.478 e. The maximum Gasteiger partial charge on any atom is 0.340 e. The van der Waals surface area contributed by atoms with Crippen molar-refractivity contribution >= 4 is 17.3 Å². The lowest BCUT2D eigenvalue weighted by atomic mass is 10.00. The average Bonchev–Trinajstić information content (AvgIpc) is 2.65. The van der Waals surface area contributed by atoms with Crippen LogP contribution in [0.2, 0.25) is 0 Å². The highest BCUT2D eigenvalue weighted by molar-refractivity contribution is 6.22. The number of aliphatic carboxylic acids is 1. The van der Waals surface area contributed by atoms with Gasteiger partial charge in [0, 0.05) is 5.56 Å². The van der Waals surface area contributed by atoms with E-state index in [1.165, 1.54) is 0 Å². The highest BCUT2D eigenvalue weighted by Crippen LogP contribution is 2.30. The van der Waals surface area contributed by atoms with E-state index in [0.29, 0.717) is 22.6 Å². The molecule has 0 radical (unpaired) electrons. The number of rotatable bonds is 5. The number of ether oxygens (including phenoxy) is 1. The molecule has 26 heavy (non-hydrogen) atoms. The van der Waals surface area contributed by atoms with Gasteiger partial charge >= 0.3 is 5.97 Å². The van der Waals surface area contributed by atoms with E-state index < -0.39 is 5.97 Å². The molecule has 0 amide bonds. The third-order valence-electron chi connectivity index (χ3n) is 4.06. The summed E-state index contributed by atoms with van der Waals surface area (Å²) in [6.45, 7) is 3.96. The maximum absolute atomic E-state index is 12.1. The van der Waals surface area contributed by atoms with E-state index >= 15 is 0 Å². The van der Waals surface area contributed by atoms with Gasteiger partial charge in [-0.15, -0.1) is 0 Å². The number of aryl methyl sites for hydroxylation is 2. The first-order valence-electron chi connectivity index (χ1n) is 8.39. The van der Waals surface area contributed by atoms with E-state index in [2.05, 4.69) is 0 Å². The lowest BCUT2D eigenvalue weighted by Crippen LogP contribution is -2.08. The molecule has 0 unspecified atom stereocenters. The average molecular weight is 344 g/mol. The van der Waals surface area contributed by atoms with Gasteiger partial charge in [-0.3, -0.25) is 0 Å². The molecule has 130 valence electrons. The van der Waals surface area contributed by atoms with Gasteiger partial charge in [0.25, 0.3) is 0 Å². The van der Waals surface area contributed by atoms with Crippen molar-refractivity contribution in [2.45, 2.75) is 13.8 Å². The highest BCUT2D eigenvalue weighted by Gasteiger charge is 2.20. The van der Waals surface area contributed by atoms with E-state index in [9.17, 15) is 9.90 Å². The molecule has 0 aromatic heterocycles. The second-order valence-electron chi connectivity index (χ2n) is 6.16. The van der Waals surface area contributed by atoms with Gasteiger partial charge in [-0.05, 0) is 31.5 Å². The predicted molar refractivity (Wildman–Crippen MR) is 104 cm³/mol. The van der Waals surface area contributed by atoms with Crippen LogP contribution >= 0.6 is 0 Å². The Bertz CT molecular complexity index is 921. The zero-order chi connectivity index (χ0) is 18.5. The van der Waals surface area contributed by atoms with Crippen LogP contribution < -0.4 is 4.74 Å². The van der Waals surface area contributed by atoms with Gasteiger partial charge in [0.15, 0.2) is 0 Å². The summed E-state index contributed by atoms with van der Waals surface area (Å²) >= 11 is 0. The summed E-state index contributed by atoms with van der Waals surface area (Å²) in [6.07, 6.45) is 0. The van der Waals surface area contributed by atoms with Crippen LogP contribution in [0.4, 0.5) is 0 Å². The Balaban J connectivity index is 2.18. The molecule has 3 heteroatoms. The van der Waals surface area contributed by atoms with E-state index in [4.69, 9.17) is 4.74 Å². The van der Waals surface area contributed by atoms with Crippen molar-refractivity contribution in [1.82, 2.24) is 0 Å². The van der Waals surface area contributed by atoms with Gasteiger partial charge in [-0.1, -0.05) is 77.9 Å². The Kier molecular flexibility index (Phi) is 5.18. The monoisotopic (exact) mass is 344 g/mol. The molecule has 0 saturated carbocycles. The van der Waals surface area contributed by atoms with E-state index in [0.717, 1.165) is 11.1 Å². The summed E-state index contributed by atoms with van der Waals surface area (Å²) < 4.78 is 6.06. The molecule has 0 spiro atoms. The van der Waals surface area contributed by atoms with Crippen molar-refractivity contribution in [2.24, 2.45) is 0 Å². The standard InChI is InChI=1S/C23H20O3/c1-16-8-12-18(13-9-16)21(23(24)25)22(19-6-4-3-5-7-19)26-20-14-10-17(2)11-15-20/h3-15H,1-2H3,(H,24,25)/b22-21+. The third-order valence-corrected chi connectivity index (χ3v) is 4.06. The summed E-state index contributed by atoms with van der Waals surface area (Å²) in [4.78, 5) is 12.1. The van der Waals surface area contributed by atoms with E-state index in [1.54, 1.807) is 12.1 Å². The summed E-state index contributed by atoms with van der Waals surface area (Å²) in [6, 6.07) is 24.3.